The fourth-order valence-corrected chi connectivity index (χ4v) is 4.16. The van der Waals surface area contributed by atoms with E-state index < -0.39 is 27.7 Å². The zero-order valence-electron chi connectivity index (χ0n) is 16.9. The van der Waals surface area contributed by atoms with Gasteiger partial charge in [0.25, 0.3) is 0 Å². The molecule has 0 saturated carbocycles. The van der Waals surface area contributed by atoms with E-state index in [1.54, 1.807) is 37.3 Å². The highest BCUT2D eigenvalue weighted by Crippen LogP contribution is 2.22. The molecule has 0 bridgehead atoms. The van der Waals surface area contributed by atoms with Gasteiger partial charge in [-0.3, -0.25) is 0 Å². The number of carbonyl (C=O) groups excluding carboxylic acids is 1. The Morgan fingerprint density at radius 1 is 1.10 bits per heavy atom. The first-order valence-electron chi connectivity index (χ1n) is 9.54. The molecular formula is C22H23NO6S. The van der Waals surface area contributed by atoms with Crippen molar-refractivity contribution in [3.05, 3.63) is 70.6 Å². The number of benzene rings is 2. The van der Waals surface area contributed by atoms with Crippen molar-refractivity contribution in [1.29, 1.82) is 0 Å². The van der Waals surface area contributed by atoms with Gasteiger partial charge in [0.15, 0.2) is 0 Å². The van der Waals surface area contributed by atoms with E-state index in [4.69, 9.17) is 9.15 Å². The number of sulfonamides is 1. The van der Waals surface area contributed by atoms with E-state index in [-0.39, 0.29) is 22.1 Å². The summed E-state index contributed by atoms with van der Waals surface area (Å²) in [4.78, 5) is 24.3. The average Bonchev–Trinajstić information content (AvgIpc) is 2.71. The van der Waals surface area contributed by atoms with Gasteiger partial charge < -0.3 is 9.15 Å². The lowest BCUT2D eigenvalue weighted by Crippen LogP contribution is -2.46. The Hall–Kier alpha value is -2.97. The third-order valence-corrected chi connectivity index (χ3v) is 6.35. The number of aryl methyl sites for hydroxylation is 1. The fourth-order valence-electron chi connectivity index (χ4n) is 2.87. The summed E-state index contributed by atoms with van der Waals surface area (Å²) in [5.41, 5.74) is 0.678. The molecule has 0 aliphatic rings. The molecule has 158 valence electrons. The molecule has 7 nitrogen and oxygen atoms in total. The van der Waals surface area contributed by atoms with Crippen molar-refractivity contribution in [3.63, 3.8) is 0 Å². The predicted molar refractivity (Wildman–Crippen MR) is 113 cm³/mol. The van der Waals surface area contributed by atoms with E-state index in [0.29, 0.717) is 11.8 Å². The topological polar surface area (TPSA) is 103 Å². The SMILES string of the molecule is CC[C@H](C)[C@H](NS(=O)(=O)c1ccc(C)cc1)C(=O)Oc1ccc2ccc(=O)oc2c1. The molecule has 0 spiro atoms. The van der Waals surface area contributed by atoms with E-state index in [1.165, 1.54) is 24.3 Å². The van der Waals surface area contributed by atoms with Crippen LogP contribution in [-0.2, 0) is 14.8 Å². The molecule has 0 amide bonds. The van der Waals surface area contributed by atoms with Crippen LogP contribution in [0.2, 0.25) is 0 Å². The zero-order chi connectivity index (χ0) is 21.9. The lowest BCUT2D eigenvalue weighted by molar-refractivity contribution is -0.137. The second kappa shape index (κ2) is 8.81. The van der Waals surface area contributed by atoms with Crippen LogP contribution >= 0.6 is 0 Å². The number of esters is 1. The molecule has 1 aromatic heterocycles. The smallest absolute Gasteiger partial charge is 0.336 e. The summed E-state index contributed by atoms with van der Waals surface area (Å²) in [7, 11) is -3.92. The lowest BCUT2D eigenvalue weighted by Gasteiger charge is -2.22. The highest BCUT2D eigenvalue weighted by Gasteiger charge is 2.31. The minimum Gasteiger partial charge on any atom is -0.425 e. The van der Waals surface area contributed by atoms with Gasteiger partial charge in [-0.25, -0.2) is 18.0 Å². The van der Waals surface area contributed by atoms with Crippen molar-refractivity contribution >= 4 is 27.0 Å². The number of nitrogens with one attached hydrogen (secondary N) is 1. The molecule has 3 rings (SSSR count). The van der Waals surface area contributed by atoms with Crippen LogP contribution in [0.3, 0.4) is 0 Å². The van der Waals surface area contributed by atoms with Crippen LogP contribution < -0.4 is 15.1 Å². The molecule has 0 saturated heterocycles. The summed E-state index contributed by atoms with van der Waals surface area (Å²) in [6.45, 7) is 5.48. The summed E-state index contributed by atoms with van der Waals surface area (Å²) in [5.74, 6) is -0.890. The zero-order valence-corrected chi connectivity index (χ0v) is 17.7. The minimum absolute atomic E-state index is 0.0710. The highest BCUT2D eigenvalue weighted by molar-refractivity contribution is 7.89. The van der Waals surface area contributed by atoms with E-state index in [0.717, 1.165) is 5.56 Å². The molecule has 3 aromatic rings. The Morgan fingerprint density at radius 3 is 2.43 bits per heavy atom. The molecule has 1 heterocycles. The van der Waals surface area contributed by atoms with Gasteiger partial charge in [0.05, 0.1) is 4.90 Å². The van der Waals surface area contributed by atoms with Gasteiger partial charge in [-0.1, -0.05) is 38.0 Å². The maximum Gasteiger partial charge on any atom is 0.336 e. The number of hydrogen-bond donors (Lipinski definition) is 1. The van der Waals surface area contributed by atoms with Crippen molar-refractivity contribution < 1.29 is 22.4 Å². The lowest BCUT2D eigenvalue weighted by atomic mass is 10.0. The van der Waals surface area contributed by atoms with E-state index in [9.17, 15) is 18.0 Å². The van der Waals surface area contributed by atoms with Crippen molar-refractivity contribution in [2.75, 3.05) is 0 Å². The molecule has 2 aromatic carbocycles. The number of carbonyl (C=O) groups is 1. The molecule has 0 aliphatic carbocycles. The van der Waals surface area contributed by atoms with Crippen molar-refractivity contribution in [1.82, 2.24) is 4.72 Å². The Bertz CT molecular complexity index is 1210. The number of hydrogen-bond acceptors (Lipinski definition) is 6. The third kappa shape index (κ3) is 4.95. The first kappa shape index (κ1) is 21.7. The van der Waals surface area contributed by atoms with Crippen LogP contribution in [0.25, 0.3) is 11.0 Å². The average molecular weight is 429 g/mol. The molecule has 0 radical (unpaired) electrons. The molecule has 2 atom stereocenters. The Morgan fingerprint density at radius 2 is 1.77 bits per heavy atom. The molecule has 0 unspecified atom stereocenters. The Kier molecular flexibility index (Phi) is 6.38. The molecule has 30 heavy (non-hydrogen) atoms. The molecular weight excluding hydrogens is 406 g/mol. The number of ether oxygens (including phenoxy) is 1. The summed E-state index contributed by atoms with van der Waals surface area (Å²) < 4.78 is 38.5. The molecule has 0 fully saturated rings. The van der Waals surface area contributed by atoms with Gasteiger partial charge in [0, 0.05) is 17.5 Å². The third-order valence-electron chi connectivity index (χ3n) is 4.89. The van der Waals surface area contributed by atoms with Gasteiger partial charge in [-0.15, -0.1) is 0 Å². The van der Waals surface area contributed by atoms with Gasteiger partial charge in [0.2, 0.25) is 10.0 Å². The maximum absolute atomic E-state index is 12.8. The predicted octanol–water partition coefficient (Wildman–Crippen LogP) is 3.40. The minimum atomic E-state index is -3.92. The fraction of sp³-hybridized carbons (Fsp3) is 0.273. The van der Waals surface area contributed by atoms with Crippen molar-refractivity contribution in [2.45, 2.75) is 38.1 Å². The number of fused-ring (bicyclic) bond motifs is 1. The largest absolute Gasteiger partial charge is 0.425 e. The molecule has 0 aliphatic heterocycles. The van der Waals surface area contributed by atoms with Gasteiger partial charge in [-0.05, 0) is 43.2 Å². The van der Waals surface area contributed by atoms with Crippen LogP contribution in [0.4, 0.5) is 0 Å². The number of rotatable bonds is 7. The van der Waals surface area contributed by atoms with E-state index in [2.05, 4.69) is 4.72 Å². The van der Waals surface area contributed by atoms with Crippen LogP contribution in [-0.4, -0.2) is 20.4 Å². The van der Waals surface area contributed by atoms with Crippen LogP contribution in [0.5, 0.6) is 5.75 Å². The van der Waals surface area contributed by atoms with E-state index >= 15 is 0 Å². The van der Waals surface area contributed by atoms with Gasteiger partial charge in [0.1, 0.15) is 17.4 Å². The first-order valence-corrected chi connectivity index (χ1v) is 11.0. The molecule has 8 heteroatoms. The molecule has 1 N–H and O–H groups in total. The second-order valence-corrected chi connectivity index (χ2v) is 8.89. The quantitative estimate of drug-likeness (QED) is 0.351. The highest BCUT2D eigenvalue weighted by atomic mass is 32.2. The summed E-state index contributed by atoms with van der Waals surface area (Å²) in [6, 6.07) is 12.8. The standard InChI is InChI=1S/C22H23NO6S/c1-4-15(3)21(23-30(26,27)18-10-5-14(2)6-11-18)22(25)28-17-9-7-16-8-12-20(24)29-19(16)13-17/h5-13,15,21,23H,4H2,1-3H3/t15-,21-/m0/s1. The Labute approximate surface area is 174 Å². The van der Waals surface area contributed by atoms with Gasteiger partial charge in [-0.2, -0.15) is 4.72 Å². The first-order chi connectivity index (χ1) is 14.2. The Balaban J connectivity index is 1.85. The van der Waals surface area contributed by atoms with Crippen LogP contribution in [0.15, 0.2) is 68.7 Å². The summed E-state index contributed by atoms with van der Waals surface area (Å²) in [5, 5.41) is 0.674. The van der Waals surface area contributed by atoms with Crippen LogP contribution in [0, 0.1) is 12.8 Å². The normalized spacial score (nSPS) is 13.7. The summed E-state index contributed by atoms with van der Waals surface area (Å²) >= 11 is 0. The summed E-state index contributed by atoms with van der Waals surface area (Å²) in [6.07, 6.45) is 0.558. The van der Waals surface area contributed by atoms with Crippen molar-refractivity contribution in [2.24, 2.45) is 5.92 Å². The van der Waals surface area contributed by atoms with Crippen LogP contribution in [0.1, 0.15) is 25.8 Å². The second-order valence-electron chi connectivity index (χ2n) is 7.17. The van der Waals surface area contributed by atoms with Crippen molar-refractivity contribution in [3.8, 4) is 5.75 Å². The van der Waals surface area contributed by atoms with Gasteiger partial charge >= 0.3 is 11.6 Å². The monoisotopic (exact) mass is 429 g/mol. The maximum atomic E-state index is 12.8. The van der Waals surface area contributed by atoms with E-state index in [1.807, 2.05) is 13.8 Å².